The quantitative estimate of drug-likeness (QED) is 0.0401. The van der Waals surface area contributed by atoms with Crippen molar-refractivity contribution in [3.63, 3.8) is 0 Å². The number of unbranched alkanes of at least 4 members (excludes halogenated alkanes) is 3. The number of hydrogen-bond acceptors (Lipinski definition) is 10. The fourth-order valence-corrected chi connectivity index (χ4v) is 9.95. The van der Waals surface area contributed by atoms with Crippen molar-refractivity contribution < 1.29 is 19.1 Å². The number of amides is 3. The van der Waals surface area contributed by atoms with Gasteiger partial charge in [0.25, 0.3) is 0 Å². The van der Waals surface area contributed by atoms with E-state index in [-0.39, 0.29) is 11.8 Å². The van der Waals surface area contributed by atoms with Crippen LogP contribution in [0.1, 0.15) is 121 Å². The van der Waals surface area contributed by atoms with E-state index < -0.39 is 6.04 Å². The van der Waals surface area contributed by atoms with Crippen LogP contribution in [0, 0.1) is 5.92 Å². The standard InChI is InChI=1S/C52H75N9O4/c1-5-39(6-2)34-53-52-54-35-44-45(37-61(50(44)56-52)43-16-10-7-11-17-43)42-21-18-41(19-22-42)36-60-29-27-59(28-30-60)26-12-14-32-65-31-13-8-9-15-40-20-23-46(48(33-40)57(3)38-62)58(4)47-24-25-49(63)55-51(47)64/h18-23,33,35,37-39,43,47H,5-17,24-32,34,36H2,1-4H3,(H,53,54,56)(H,55,63,64). The zero-order valence-corrected chi connectivity index (χ0v) is 39.7. The lowest BCUT2D eigenvalue weighted by molar-refractivity contribution is -0.134. The number of aryl methyl sites for hydroxylation is 1. The molecule has 13 heteroatoms. The molecule has 3 amide bonds. The summed E-state index contributed by atoms with van der Waals surface area (Å²) in [5, 5.41) is 7.12. The molecule has 3 fully saturated rings. The zero-order valence-electron chi connectivity index (χ0n) is 39.7. The Labute approximate surface area is 387 Å². The molecule has 1 saturated carbocycles. The number of rotatable bonds is 24. The van der Waals surface area contributed by atoms with Crippen LogP contribution in [0.15, 0.2) is 54.9 Å². The smallest absolute Gasteiger partial charge is 0.249 e. The average Bonchev–Trinajstić information content (AvgIpc) is 3.72. The molecule has 3 aliphatic rings. The number of hydrogen-bond donors (Lipinski definition) is 2. The second kappa shape index (κ2) is 24.1. The summed E-state index contributed by atoms with van der Waals surface area (Å²) in [5.74, 6) is 0.842. The van der Waals surface area contributed by atoms with Crippen LogP contribution in [0.3, 0.4) is 0 Å². The highest BCUT2D eigenvalue weighted by Gasteiger charge is 2.31. The van der Waals surface area contributed by atoms with Gasteiger partial charge in [-0.15, -0.1) is 0 Å². The molecular formula is C52H75N9O4. The molecule has 0 spiro atoms. The van der Waals surface area contributed by atoms with Crippen LogP contribution >= 0.6 is 0 Å². The molecular weight excluding hydrogens is 815 g/mol. The molecule has 4 aromatic rings. The number of carbonyl (C=O) groups is 3. The van der Waals surface area contributed by atoms with Crippen LogP contribution in [0.5, 0.6) is 0 Å². The highest BCUT2D eigenvalue weighted by atomic mass is 16.5. The summed E-state index contributed by atoms with van der Waals surface area (Å²) < 4.78 is 8.47. The number of nitrogens with zero attached hydrogens (tertiary/aromatic N) is 7. The van der Waals surface area contributed by atoms with Gasteiger partial charge in [-0.05, 0) is 92.7 Å². The Hall–Kier alpha value is -4.85. The fraction of sp³-hybridized carbons (Fsp3) is 0.596. The first-order valence-electron chi connectivity index (χ1n) is 24.8. The van der Waals surface area contributed by atoms with Crippen LogP contribution in [0.25, 0.3) is 22.2 Å². The van der Waals surface area contributed by atoms with Gasteiger partial charge < -0.3 is 29.3 Å². The number of likely N-dealkylation sites (N-methyl/N-ethyl adjacent to an activating group) is 1. The molecule has 1 unspecified atom stereocenters. The van der Waals surface area contributed by atoms with Crippen molar-refractivity contribution in [2.75, 3.05) is 81.7 Å². The van der Waals surface area contributed by atoms with Gasteiger partial charge in [-0.2, -0.15) is 4.98 Å². The number of benzene rings is 2. The summed E-state index contributed by atoms with van der Waals surface area (Å²) in [6.07, 6.45) is 20.9. The van der Waals surface area contributed by atoms with Gasteiger partial charge in [0.05, 0.1) is 11.4 Å². The van der Waals surface area contributed by atoms with Gasteiger partial charge in [0.15, 0.2) is 0 Å². The average molecular weight is 890 g/mol. The Morgan fingerprint density at radius 3 is 2.31 bits per heavy atom. The molecule has 2 aromatic carbocycles. The van der Waals surface area contributed by atoms with Gasteiger partial charge >= 0.3 is 0 Å². The molecule has 1 atom stereocenters. The summed E-state index contributed by atoms with van der Waals surface area (Å²) in [6, 6.07) is 15.4. The highest BCUT2D eigenvalue weighted by molar-refractivity contribution is 6.02. The molecule has 2 aliphatic heterocycles. The number of fused-ring (bicyclic) bond motifs is 1. The van der Waals surface area contributed by atoms with E-state index >= 15 is 0 Å². The number of anilines is 3. The lowest BCUT2D eigenvalue weighted by Gasteiger charge is -2.34. The lowest BCUT2D eigenvalue weighted by Crippen LogP contribution is -2.51. The van der Waals surface area contributed by atoms with Crippen LogP contribution in [0.4, 0.5) is 17.3 Å². The van der Waals surface area contributed by atoms with Crippen molar-refractivity contribution in [2.45, 2.75) is 129 Å². The normalized spacial score (nSPS) is 17.8. The molecule has 352 valence electrons. The number of ether oxygens (including phenoxy) is 1. The molecule has 13 nitrogen and oxygen atoms in total. The summed E-state index contributed by atoms with van der Waals surface area (Å²) in [5.41, 5.74) is 7.60. The maximum Gasteiger partial charge on any atom is 0.249 e. The van der Waals surface area contributed by atoms with Crippen LogP contribution in [-0.2, 0) is 32.1 Å². The van der Waals surface area contributed by atoms with Crippen molar-refractivity contribution in [3.05, 3.63) is 66.0 Å². The molecule has 4 heterocycles. The van der Waals surface area contributed by atoms with Gasteiger partial charge in [-0.25, -0.2) is 4.98 Å². The van der Waals surface area contributed by atoms with Gasteiger partial charge in [0.2, 0.25) is 24.2 Å². The minimum Gasteiger partial charge on any atom is -0.381 e. The number of imide groups is 1. The summed E-state index contributed by atoms with van der Waals surface area (Å²) in [7, 11) is 3.57. The number of piperidine rings is 1. The van der Waals surface area contributed by atoms with Crippen molar-refractivity contribution in [3.8, 4) is 11.1 Å². The maximum atomic E-state index is 12.5. The van der Waals surface area contributed by atoms with E-state index in [1.165, 1.54) is 48.8 Å². The third kappa shape index (κ3) is 12.9. The van der Waals surface area contributed by atoms with E-state index in [0.717, 1.165) is 151 Å². The van der Waals surface area contributed by atoms with Gasteiger partial charge in [-0.3, -0.25) is 24.6 Å². The van der Waals surface area contributed by atoms with E-state index in [4.69, 9.17) is 14.7 Å². The van der Waals surface area contributed by atoms with Crippen molar-refractivity contribution >= 4 is 46.6 Å². The third-order valence-electron chi connectivity index (χ3n) is 14.3. The van der Waals surface area contributed by atoms with Gasteiger partial charge in [0.1, 0.15) is 11.7 Å². The summed E-state index contributed by atoms with van der Waals surface area (Å²) >= 11 is 0. The van der Waals surface area contributed by atoms with Crippen LogP contribution in [0.2, 0.25) is 0 Å². The van der Waals surface area contributed by atoms with Gasteiger partial charge in [-0.1, -0.05) is 82.7 Å². The first kappa shape index (κ1) is 48.1. The third-order valence-corrected chi connectivity index (χ3v) is 14.3. The second-order valence-corrected chi connectivity index (χ2v) is 18.8. The maximum absolute atomic E-state index is 12.5. The predicted molar refractivity (Wildman–Crippen MR) is 262 cm³/mol. The van der Waals surface area contributed by atoms with Crippen molar-refractivity contribution in [1.82, 2.24) is 29.7 Å². The first-order chi connectivity index (χ1) is 31.7. The highest BCUT2D eigenvalue weighted by Crippen LogP contribution is 2.37. The Bertz CT molecular complexity index is 2140. The Morgan fingerprint density at radius 2 is 1.58 bits per heavy atom. The zero-order chi connectivity index (χ0) is 45.5. The first-order valence-corrected chi connectivity index (χ1v) is 24.8. The molecule has 65 heavy (non-hydrogen) atoms. The van der Waals surface area contributed by atoms with E-state index in [1.807, 2.05) is 30.3 Å². The fourth-order valence-electron chi connectivity index (χ4n) is 9.95. The molecule has 0 bridgehead atoms. The van der Waals surface area contributed by atoms with Gasteiger partial charge in [0, 0.05) is 102 Å². The van der Waals surface area contributed by atoms with E-state index in [2.05, 4.69) is 75.4 Å². The Morgan fingerprint density at radius 1 is 0.862 bits per heavy atom. The minimum absolute atomic E-state index is 0.239. The lowest BCUT2D eigenvalue weighted by atomic mass is 9.95. The van der Waals surface area contributed by atoms with Crippen LogP contribution < -0.4 is 20.4 Å². The molecule has 2 saturated heterocycles. The SMILES string of the molecule is CCC(CC)CNc1ncc2c(-c3ccc(CN4CCN(CCCCOCCCCCc5ccc(N(C)C6CCC(=O)NC6=O)c(N(C)C=O)c5)CC4)cc3)cn(C3CCCCC3)c2n1. The molecule has 7 rings (SSSR count). The van der Waals surface area contributed by atoms with E-state index in [1.54, 1.807) is 11.9 Å². The summed E-state index contributed by atoms with van der Waals surface area (Å²) in [6.45, 7) is 13.5. The van der Waals surface area contributed by atoms with Crippen molar-refractivity contribution in [1.29, 1.82) is 0 Å². The van der Waals surface area contributed by atoms with E-state index in [0.29, 0.717) is 24.8 Å². The van der Waals surface area contributed by atoms with Crippen LogP contribution in [-0.4, -0.2) is 115 Å². The molecule has 0 radical (unpaired) electrons. The van der Waals surface area contributed by atoms with E-state index in [9.17, 15) is 14.4 Å². The molecule has 2 N–H and O–H groups in total. The predicted octanol–water partition coefficient (Wildman–Crippen LogP) is 8.61. The molecule has 1 aliphatic carbocycles. The van der Waals surface area contributed by atoms with Crippen molar-refractivity contribution in [2.24, 2.45) is 5.92 Å². The number of carbonyl (C=O) groups excluding carboxylic acids is 3. The number of aromatic nitrogens is 3. The Kier molecular flexibility index (Phi) is 17.8. The number of nitrogens with one attached hydrogen (secondary N) is 2. The molecule has 2 aromatic heterocycles. The monoisotopic (exact) mass is 890 g/mol. The topological polar surface area (TPSA) is 128 Å². The largest absolute Gasteiger partial charge is 0.381 e. The number of piperazine rings is 1. The summed E-state index contributed by atoms with van der Waals surface area (Å²) in [4.78, 5) is 54.4. The minimum atomic E-state index is -0.453. The second-order valence-electron chi connectivity index (χ2n) is 18.8. The Balaban J connectivity index is 0.782.